The van der Waals surface area contributed by atoms with Crippen molar-refractivity contribution in [3.05, 3.63) is 89.5 Å². The minimum absolute atomic E-state index is 0.213. The zero-order chi connectivity index (χ0) is 27.8. The number of nitrogens with one attached hydrogen (secondary N) is 1. The Labute approximate surface area is 226 Å². The number of halogens is 3. The fraction of sp³-hybridized carbons (Fsp3) is 0.345. The number of nitrogens with zero attached hydrogens (tertiary/aromatic N) is 2. The number of hydrogen-bond donors (Lipinski definition) is 1. The average molecular weight is 544 g/mol. The van der Waals surface area contributed by atoms with Crippen molar-refractivity contribution in [2.45, 2.75) is 12.3 Å². The number of anilines is 1. The molecule has 0 saturated carbocycles. The summed E-state index contributed by atoms with van der Waals surface area (Å²) in [5.74, 6) is 1.15. The van der Waals surface area contributed by atoms with Gasteiger partial charge in [0.15, 0.2) is 0 Å². The van der Waals surface area contributed by atoms with Gasteiger partial charge in [-0.05, 0) is 23.3 Å². The Hall–Kier alpha value is -3.76. The summed E-state index contributed by atoms with van der Waals surface area (Å²) in [7, 11) is 3.09. The van der Waals surface area contributed by atoms with Crippen molar-refractivity contribution in [2.75, 3.05) is 58.9 Å². The van der Waals surface area contributed by atoms with E-state index < -0.39 is 17.8 Å². The van der Waals surface area contributed by atoms with Gasteiger partial charge in [-0.1, -0.05) is 42.5 Å². The van der Waals surface area contributed by atoms with Crippen molar-refractivity contribution in [3.8, 4) is 11.5 Å². The zero-order valence-corrected chi connectivity index (χ0v) is 21.9. The van der Waals surface area contributed by atoms with Crippen LogP contribution in [0.3, 0.4) is 0 Å². The molecule has 1 aliphatic heterocycles. The summed E-state index contributed by atoms with van der Waals surface area (Å²) in [4.78, 5) is 16.7. The summed E-state index contributed by atoms with van der Waals surface area (Å²) in [6.07, 6.45) is -5.05. The molecule has 2 amide bonds. The topological polar surface area (TPSA) is 63.3 Å². The van der Waals surface area contributed by atoms with Crippen LogP contribution in [0.4, 0.5) is 23.7 Å². The van der Waals surface area contributed by atoms with Crippen LogP contribution in [0.5, 0.6) is 11.5 Å². The lowest BCUT2D eigenvalue weighted by Crippen LogP contribution is -2.50. The number of piperazine rings is 1. The monoisotopic (exact) mass is 543 g/mol. The molecule has 3 aromatic carbocycles. The molecule has 0 aromatic heterocycles. The number of carbonyl (C=O) groups excluding carboxylic acids is 1. The highest BCUT2D eigenvalue weighted by Crippen LogP contribution is 2.33. The molecule has 3 aromatic rings. The first-order chi connectivity index (χ1) is 18.8. The molecule has 0 spiro atoms. The van der Waals surface area contributed by atoms with E-state index in [2.05, 4.69) is 10.2 Å². The lowest BCUT2D eigenvalue weighted by Gasteiger charge is -2.35. The Kier molecular flexibility index (Phi) is 9.32. The maximum atomic E-state index is 13.3. The van der Waals surface area contributed by atoms with Gasteiger partial charge in [-0.3, -0.25) is 4.90 Å². The van der Waals surface area contributed by atoms with Crippen LogP contribution >= 0.6 is 0 Å². The lowest BCUT2D eigenvalue weighted by molar-refractivity contribution is -0.137. The van der Waals surface area contributed by atoms with E-state index in [1.165, 1.54) is 6.07 Å². The van der Waals surface area contributed by atoms with Crippen molar-refractivity contribution < 1.29 is 32.2 Å². The molecular formula is C29H32F3N3O4. The van der Waals surface area contributed by atoms with E-state index in [0.29, 0.717) is 62.1 Å². The molecule has 1 saturated heterocycles. The van der Waals surface area contributed by atoms with Crippen molar-refractivity contribution in [1.29, 1.82) is 0 Å². The third kappa shape index (κ3) is 7.64. The molecule has 208 valence electrons. The van der Waals surface area contributed by atoms with Crippen molar-refractivity contribution in [1.82, 2.24) is 9.80 Å². The molecule has 1 N–H and O–H groups in total. The van der Waals surface area contributed by atoms with Crippen LogP contribution in [0.2, 0.25) is 0 Å². The van der Waals surface area contributed by atoms with Gasteiger partial charge in [-0.25, -0.2) is 4.79 Å². The molecule has 0 aliphatic carbocycles. The highest BCUT2D eigenvalue weighted by atomic mass is 19.4. The SMILES string of the molecule is COc1cc(NC(=O)N2CCN(CCOC(c3ccccc3)c3cccc(C(F)(F)F)c3)CC2)cc(OC)c1. The summed E-state index contributed by atoms with van der Waals surface area (Å²) < 4.78 is 56.6. The molecule has 10 heteroatoms. The first-order valence-electron chi connectivity index (χ1n) is 12.6. The van der Waals surface area contributed by atoms with E-state index in [9.17, 15) is 18.0 Å². The first-order valence-corrected chi connectivity index (χ1v) is 12.6. The summed E-state index contributed by atoms with van der Waals surface area (Å²) in [6.45, 7) is 3.28. The number of hydrogen-bond acceptors (Lipinski definition) is 5. The second kappa shape index (κ2) is 12.9. The van der Waals surface area contributed by atoms with E-state index >= 15 is 0 Å². The molecule has 0 radical (unpaired) electrons. The van der Waals surface area contributed by atoms with Gasteiger partial charge >= 0.3 is 12.2 Å². The minimum atomic E-state index is -4.43. The van der Waals surface area contributed by atoms with E-state index in [1.54, 1.807) is 43.4 Å². The van der Waals surface area contributed by atoms with Crippen LogP contribution in [-0.4, -0.2) is 69.4 Å². The number of ether oxygens (including phenoxy) is 3. The van der Waals surface area contributed by atoms with Crippen LogP contribution in [0.25, 0.3) is 0 Å². The molecule has 1 heterocycles. The number of amides is 2. The number of benzene rings is 3. The fourth-order valence-electron chi connectivity index (χ4n) is 4.45. The fourth-order valence-corrected chi connectivity index (χ4v) is 4.45. The van der Waals surface area contributed by atoms with Gasteiger partial charge in [-0.2, -0.15) is 13.2 Å². The second-order valence-electron chi connectivity index (χ2n) is 9.14. The maximum absolute atomic E-state index is 13.3. The molecule has 1 atom stereocenters. The summed E-state index contributed by atoms with van der Waals surface area (Å²) in [6, 6.07) is 19.5. The van der Waals surface area contributed by atoms with E-state index in [4.69, 9.17) is 14.2 Å². The van der Waals surface area contributed by atoms with Crippen molar-refractivity contribution >= 4 is 11.7 Å². The molecule has 4 rings (SSSR count). The van der Waals surface area contributed by atoms with Gasteiger partial charge in [0.05, 0.1) is 26.4 Å². The van der Waals surface area contributed by atoms with Crippen LogP contribution in [-0.2, 0) is 10.9 Å². The van der Waals surface area contributed by atoms with E-state index in [1.807, 2.05) is 30.3 Å². The molecule has 0 bridgehead atoms. The normalized spacial score (nSPS) is 15.1. The zero-order valence-electron chi connectivity index (χ0n) is 21.9. The predicted octanol–water partition coefficient (Wildman–Crippen LogP) is 5.68. The number of alkyl halides is 3. The number of methoxy groups -OCH3 is 2. The third-order valence-electron chi connectivity index (χ3n) is 6.57. The Morgan fingerprint density at radius 1 is 0.872 bits per heavy atom. The average Bonchev–Trinajstić information content (AvgIpc) is 2.95. The van der Waals surface area contributed by atoms with Gasteiger partial charge < -0.3 is 24.4 Å². The van der Waals surface area contributed by atoms with Gasteiger partial charge in [0.1, 0.15) is 17.6 Å². The summed E-state index contributed by atoms with van der Waals surface area (Å²) >= 11 is 0. The Balaban J connectivity index is 1.31. The first kappa shape index (κ1) is 28.3. The highest BCUT2D eigenvalue weighted by molar-refractivity contribution is 5.90. The van der Waals surface area contributed by atoms with Gasteiger partial charge in [0.25, 0.3) is 0 Å². The highest BCUT2D eigenvalue weighted by Gasteiger charge is 2.31. The predicted molar refractivity (Wildman–Crippen MR) is 142 cm³/mol. The lowest BCUT2D eigenvalue weighted by atomic mass is 9.99. The smallest absolute Gasteiger partial charge is 0.416 e. The van der Waals surface area contributed by atoms with Crippen molar-refractivity contribution in [3.63, 3.8) is 0 Å². The Bertz CT molecular complexity index is 1210. The van der Waals surface area contributed by atoms with Crippen LogP contribution < -0.4 is 14.8 Å². The number of rotatable bonds is 9. The molecular weight excluding hydrogens is 511 g/mol. The second-order valence-corrected chi connectivity index (χ2v) is 9.14. The van der Waals surface area contributed by atoms with Crippen LogP contribution in [0.15, 0.2) is 72.8 Å². The number of carbonyl (C=O) groups is 1. The third-order valence-corrected chi connectivity index (χ3v) is 6.57. The van der Waals surface area contributed by atoms with Crippen molar-refractivity contribution in [2.24, 2.45) is 0 Å². The van der Waals surface area contributed by atoms with E-state index in [0.717, 1.165) is 17.7 Å². The van der Waals surface area contributed by atoms with Gasteiger partial charge in [-0.15, -0.1) is 0 Å². The Morgan fingerprint density at radius 2 is 1.51 bits per heavy atom. The standard InChI is InChI=1S/C29H32F3N3O4/c1-37-25-18-24(19-26(20-25)38-2)33-28(36)35-13-11-34(12-14-35)15-16-39-27(21-7-4-3-5-8-21)22-9-6-10-23(17-22)29(30,31)32/h3-10,17-20,27H,11-16H2,1-2H3,(H,33,36). The molecule has 1 aliphatic rings. The quantitative estimate of drug-likeness (QED) is 0.376. The van der Waals surface area contributed by atoms with Crippen LogP contribution in [0.1, 0.15) is 22.8 Å². The maximum Gasteiger partial charge on any atom is 0.416 e. The molecule has 1 unspecified atom stereocenters. The van der Waals surface area contributed by atoms with Gasteiger partial charge in [0.2, 0.25) is 0 Å². The van der Waals surface area contributed by atoms with Gasteiger partial charge in [0, 0.05) is 56.6 Å². The Morgan fingerprint density at radius 3 is 2.13 bits per heavy atom. The largest absolute Gasteiger partial charge is 0.497 e. The van der Waals surface area contributed by atoms with E-state index in [-0.39, 0.29) is 6.03 Å². The summed E-state index contributed by atoms with van der Waals surface area (Å²) in [5, 5.41) is 2.89. The summed E-state index contributed by atoms with van der Waals surface area (Å²) in [5.41, 5.74) is 1.11. The molecule has 1 fully saturated rings. The number of urea groups is 1. The van der Waals surface area contributed by atoms with Crippen LogP contribution in [0, 0.1) is 0 Å². The molecule has 7 nitrogen and oxygen atoms in total. The molecule has 39 heavy (non-hydrogen) atoms. The minimum Gasteiger partial charge on any atom is -0.497 e.